The maximum absolute atomic E-state index is 12.1. The molecular formula is C14H11Cl3N2O2S. The molecule has 116 valence electrons. The monoisotopic (exact) mass is 376 g/mol. The second-order valence-electron chi connectivity index (χ2n) is 4.37. The zero-order valence-corrected chi connectivity index (χ0v) is 14.4. The Morgan fingerprint density at radius 2 is 1.64 bits per heavy atom. The first kappa shape index (κ1) is 17.1. The van der Waals surface area contributed by atoms with E-state index in [2.05, 4.69) is 9.93 Å². The molecular weight excluding hydrogens is 367 g/mol. The van der Waals surface area contributed by atoms with Crippen LogP contribution >= 0.6 is 34.8 Å². The lowest BCUT2D eigenvalue weighted by atomic mass is 10.1. The summed E-state index contributed by atoms with van der Waals surface area (Å²) in [6.45, 7) is 1.66. The second-order valence-corrected chi connectivity index (χ2v) is 7.29. The normalized spacial score (nSPS) is 12.3. The highest BCUT2D eigenvalue weighted by Crippen LogP contribution is 2.23. The number of rotatable bonds is 4. The average Bonchev–Trinajstić information content (AvgIpc) is 2.48. The van der Waals surface area contributed by atoms with Crippen LogP contribution < -0.4 is 4.83 Å². The number of hydrazone groups is 1. The van der Waals surface area contributed by atoms with Crippen LogP contribution in [-0.4, -0.2) is 14.1 Å². The maximum atomic E-state index is 12.1. The summed E-state index contributed by atoms with van der Waals surface area (Å²) in [7, 11) is -3.75. The van der Waals surface area contributed by atoms with E-state index < -0.39 is 10.0 Å². The Labute approximate surface area is 143 Å². The Morgan fingerprint density at radius 1 is 1.00 bits per heavy atom. The Balaban J connectivity index is 2.22. The van der Waals surface area contributed by atoms with Gasteiger partial charge in [0, 0.05) is 5.02 Å². The minimum Gasteiger partial charge on any atom is -0.200 e. The average molecular weight is 378 g/mol. The highest BCUT2D eigenvalue weighted by Gasteiger charge is 2.13. The Kier molecular flexibility index (Phi) is 5.34. The third kappa shape index (κ3) is 4.14. The fourth-order valence-corrected chi connectivity index (χ4v) is 2.86. The van der Waals surface area contributed by atoms with Crippen molar-refractivity contribution in [2.45, 2.75) is 11.8 Å². The van der Waals surface area contributed by atoms with E-state index in [1.807, 2.05) is 0 Å². The third-order valence-corrected chi connectivity index (χ3v) is 5.01. The van der Waals surface area contributed by atoms with E-state index in [4.69, 9.17) is 34.8 Å². The van der Waals surface area contributed by atoms with Gasteiger partial charge in [0.05, 0.1) is 20.7 Å². The Hall–Kier alpha value is -1.27. The molecule has 0 saturated carbocycles. The largest absolute Gasteiger partial charge is 0.276 e. The van der Waals surface area contributed by atoms with Gasteiger partial charge in [0.2, 0.25) is 0 Å². The standard InChI is InChI=1S/C14H11Cl3N2O2S/c1-9(10-2-7-13(16)14(17)8-10)18-19-22(20,21)12-5-3-11(15)4-6-12/h2-8,19H,1H3. The molecule has 0 radical (unpaired) electrons. The van der Waals surface area contributed by atoms with Crippen molar-refractivity contribution < 1.29 is 8.42 Å². The lowest BCUT2D eigenvalue weighted by Gasteiger charge is -2.06. The van der Waals surface area contributed by atoms with E-state index in [0.717, 1.165) is 0 Å². The summed E-state index contributed by atoms with van der Waals surface area (Å²) in [6.07, 6.45) is 0. The molecule has 0 aliphatic heterocycles. The van der Waals surface area contributed by atoms with Crippen molar-refractivity contribution in [3.63, 3.8) is 0 Å². The number of benzene rings is 2. The highest BCUT2D eigenvalue weighted by molar-refractivity contribution is 7.89. The molecule has 2 rings (SSSR count). The van der Waals surface area contributed by atoms with Crippen LogP contribution in [0.4, 0.5) is 0 Å². The minimum atomic E-state index is -3.75. The van der Waals surface area contributed by atoms with E-state index in [1.165, 1.54) is 24.3 Å². The number of halogens is 3. The van der Waals surface area contributed by atoms with Gasteiger partial charge in [0.25, 0.3) is 10.0 Å². The highest BCUT2D eigenvalue weighted by atomic mass is 35.5. The van der Waals surface area contributed by atoms with Crippen molar-refractivity contribution in [3.8, 4) is 0 Å². The lowest BCUT2D eigenvalue weighted by Crippen LogP contribution is -2.19. The molecule has 0 spiro atoms. The van der Waals surface area contributed by atoms with Gasteiger partial charge in [0.1, 0.15) is 0 Å². The van der Waals surface area contributed by atoms with Crippen molar-refractivity contribution in [2.75, 3.05) is 0 Å². The van der Waals surface area contributed by atoms with Gasteiger partial charge in [-0.05, 0) is 48.9 Å². The number of hydrogen-bond acceptors (Lipinski definition) is 3. The summed E-state index contributed by atoms with van der Waals surface area (Å²) in [5, 5.41) is 5.12. The molecule has 0 saturated heterocycles. The van der Waals surface area contributed by atoms with Crippen molar-refractivity contribution in [1.82, 2.24) is 4.83 Å². The zero-order chi connectivity index (χ0) is 16.3. The quantitative estimate of drug-likeness (QED) is 0.636. The van der Waals surface area contributed by atoms with Crippen LogP contribution in [0.2, 0.25) is 15.1 Å². The smallest absolute Gasteiger partial charge is 0.200 e. The summed E-state index contributed by atoms with van der Waals surface area (Å²) in [4.78, 5) is 2.24. The maximum Gasteiger partial charge on any atom is 0.276 e. The van der Waals surface area contributed by atoms with Gasteiger partial charge in [-0.1, -0.05) is 40.9 Å². The minimum absolute atomic E-state index is 0.0718. The van der Waals surface area contributed by atoms with Crippen LogP contribution in [0.15, 0.2) is 52.5 Å². The summed E-state index contributed by atoms with van der Waals surface area (Å²) in [5.74, 6) is 0. The molecule has 1 N–H and O–H groups in total. The van der Waals surface area contributed by atoms with Gasteiger partial charge >= 0.3 is 0 Å². The van der Waals surface area contributed by atoms with Crippen LogP contribution in [0, 0.1) is 0 Å². The fourth-order valence-electron chi connectivity index (χ4n) is 1.58. The SMILES string of the molecule is CC(=NNS(=O)(=O)c1ccc(Cl)cc1)c1ccc(Cl)c(Cl)c1. The summed E-state index contributed by atoms with van der Waals surface area (Å²) in [5.41, 5.74) is 1.12. The van der Waals surface area contributed by atoms with E-state index in [-0.39, 0.29) is 4.90 Å². The van der Waals surface area contributed by atoms with Gasteiger partial charge in [0.15, 0.2) is 0 Å². The van der Waals surface area contributed by atoms with Crippen LogP contribution in [0.3, 0.4) is 0 Å². The molecule has 8 heteroatoms. The molecule has 0 aliphatic carbocycles. The summed E-state index contributed by atoms with van der Waals surface area (Å²) < 4.78 is 24.2. The van der Waals surface area contributed by atoms with Crippen LogP contribution in [-0.2, 0) is 10.0 Å². The van der Waals surface area contributed by atoms with Crippen molar-refractivity contribution in [1.29, 1.82) is 0 Å². The van der Waals surface area contributed by atoms with E-state index in [1.54, 1.807) is 25.1 Å². The Bertz CT molecular complexity index is 818. The van der Waals surface area contributed by atoms with Crippen molar-refractivity contribution >= 4 is 50.5 Å². The molecule has 4 nitrogen and oxygen atoms in total. The lowest BCUT2D eigenvalue weighted by molar-refractivity contribution is 0.584. The summed E-state index contributed by atoms with van der Waals surface area (Å²) in [6, 6.07) is 10.7. The van der Waals surface area contributed by atoms with Gasteiger partial charge in [-0.25, -0.2) is 0 Å². The molecule has 0 aliphatic rings. The van der Waals surface area contributed by atoms with E-state index in [9.17, 15) is 8.42 Å². The fraction of sp³-hybridized carbons (Fsp3) is 0.0714. The molecule has 0 atom stereocenters. The zero-order valence-electron chi connectivity index (χ0n) is 11.3. The van der Waals surface area contributed by atoms with Crippen molar-refractivity contribution in [3.05, 3.63) is 63.1 Å². The first-order valence-electron chi connectivity index (χ1n) is 6.07. The van der Waals surface area contributed by atoms with Gasteiger partial charge < -0.3 is 0 Å². The van der Waals surface area contributed by atoms with Crippen LogP contribution in [0.1, 0.15) is 12.5 Å². The summed E-state index contributed by atoms with van der Waals surface area (Å²) >= 11 is 17.5. The molecule has 0 heterocycles. The molecule has 22 heavy (non-hydrogen) atoms. The van der Waals surface area contributed by atoms with Crippen LogP contribution in [0.25, 0.3) is 0 Å². The molecule has 0 aromatic heterocycles. The van der Waals surface area contributed by atoms with E-state index in [0.29, 0.717) is 26.3 Å². The number of nitrogens with zero attached hydrogens (tertiary/aromatic N) is 1. The first-order valence-corrected chi connectivity index (χ1v) is 8.68. The van der Waals surface area contributed by atoms with Gasteiger partial charge in [-0.3, -0.25) is 0 Å². The molecule has 0 unspecified atom stereocenters. The molecule has 2 aromatic carbocycles. The first-order chi connectivity index (χ1) is 10.3. The number of nitrogens with one attached hydrogen (secondary N) is 1. The molecule has 0 bridgehead atoms. The van der Waals surface area contributed by atoms with E-state index >= 15 is 0 Å². The van der Waals surface area contributed by atoms with Crippen LogP contribution in [0.5, 0.6) is 0 Å². The number of sulfonamides is 1. The molecule has 2 aromatic rings. The topological polar surface area (TPSA) is 58.5 Å². The van der Waals surface area contributed by atoms with Gasteiger partial charge in [-0.2, -0.15) is 18.4 Å². The molecule has 0 amide bonds. The predicted molar refractivity (Wildman–Crippen MR) is 90.4 cm³/mol. The second kappa shape index (κ2) is 6.87. The molecule has 0 fully saturated rings. The third-order valence-electron chi connectivity index (χ3n) is 2.79. The van der Waals surface area contributed by atoms with Crippen molar-refractivity contribution in [2.24, 2.45) is 5.10 Å². The Morgan fingerprint density at radius 3 is 2.23 bits per heavy atom. The predicted octanol–water partition coefficient (Wildman–Crippen LogP) is 4.35. The number of hydrogen-bond donors (Lipinski definition) is 1. The van der Waals surface area contributed by atoms with Gasteiger partial charge in [-0.15, -0.1) is 0 Å².